The fourth-order valence-corrected chi connectivity index (χ4v) is 3.92. The molecule has 1 amide bonds. The number of aromatic nitrogens is 1. The molecule has 0 bridgehead atoms. The van der Waals surface area contributed by atoms with Gasteiger partial charge in [0.2, 0.25) is 5.75 Å². The third-order valence-electron chi connectivity index (χ3n) is 5.80. The molecule has 0 unspecified atom stereocenters. The Labute approximate surface area is 207 Å². The van der Waals surface area contributed by atoms with Crippen LogP contribution in [-0.2, 0) is 6.54 Å². The average molecular weight is 477 g/mol. The molecule has 1 N–H and O–H groups in total. The van der Waals surface area contributed by atoms with Crippen LogP contribution in [-0.4, -0.2) is 23.7 Å². The Morgan fingerprint density at radius 2 is 1.74 bits per heavy atom. The van der Waals surface area contributed by atoms with Crippen LogP contribution in [0.4, 0.5) is 5.69 Å². The minimum atomic E-state index is -0.228. The third kappa shape index (κ3) is 6.75. The first-order valence-electron chi connectivity index (χ1n) is 12.5. The number of rotatable bonds is 14. The molecule has 186 valence electrons. The van der Waals surface area contributed by atoms with Gasteiger partial charge < -0.3 is 19.4 Å². The van der Waals surface area contributed by atoms with Gasteiger partial charge in [-0.1, -0.05) is 70.4 Å². The Balaban J connectivity index is 2.08. The second-order valence-corrected chi connectivity index (χ2v) is 8.53. The zero-order valence-electron chi connectivity index (χ0n) is 20.8. The Morgan fingerprint density at radius 1 is 0.971 bits per heavy atom. The number of ether oxygens (including phenoxy) is 2. The highest BCUT2D eigenvalue weighted by Gasteiger charge is 2.20. The molecule has 0 saturated carbocycles. The van der Waals surface area contributed by atoms with Crippen molar-refractivity contribution >= 4 is 22.5 Å². The van der Waals surface area contributed by atoms with Crippen molar-refractivity contribution in [2.45, 2.75) is 58.9 Å². The lowest BCUT2D eigenvalue weighted by Gasteiger charge is -2.19. The van der Waals surface area contributed by atoms with E-state index in [9.17, 15) is 9.59 Å². The summed E-state index contributed by atoms with van der Waals surface area (Å²) in [6, 6.07) is 14.6. The molecule has 0 saturated heterocycles. The minimum absolute atomic E-state index is 0.202. The minimum Gasteiger partial charge on any atom is -0.489 e. The summed E-state index contributed by atoms with van der Waals surface area (Å²) in [7, 11) is 0. The molecule has 3 rings (SSSR count). The quantitative estimate of drug-likeness (QED) is 0.211. The molecule has 6 nitrogen and oxygen atoms in total. The molecule has 0 fully saturated rings. The topological polar surface area (TPSA) is 69.6 Å². The zero-order valence-corrected chi connectivity index (χ0v) is 20.8. The summed E-state index contributed by atoms with van der Waals surface area (Å²) in [5, 5.41) is 3.74. The number of hydrogen-bond acceptors (Lipinski definition) is 4. The van der Waals surface area contributed by atoms with Gasteiger partial charge in [-0.25, -0.2) is 0 Å². The van der Waals surface area contributed by atoms with Crippen molar-refractivity contribution in [1.29, 1.82) is 0 Å². The maximum atomic E-state index is 13.6. The van der Waals surface area contributed by atoms with Gasteiger partial charge in [0.15, 0.2) is 5.75 Å². The molecular weight excluding hydrogens is 440 g/mol. The van der Waals surface area contributed by atoms with Crippen LogP contribution in [0.2, 0.25) is 0 Å². The predicted octanol–water partition coefficient (Wildman–Crippen LogP) is 6.58. The maximum absolute atomic E-state index is 13.6. The first kappa shape index (κ1) is 26.1. The molecule has 2 aromatic carbocycles. The van der Waals surface area contributed by atoms with E-state index in [0.717, 1.165) is 49.4 Å². The van der Waals surface area contributed by atoms with Gasteiger partial charge in [0.05, 0.1) is 12.1 Å². The largest absolute Gasteiger partial charge is 0.489 e. The molecule has 1 aromatic heterocycles. The first-order chi connectivity index (χ1) is 17.1. The molecule has 3 aromatic rings. The van der Waals surface area contributed by atoms with E-state index in [4.69, 9.17) is 9.47 Å². The van der Waals surface area contributed by atoms with Gasteiger partial charge in [-0.3, -0.25) is 9.59 Å². The summed E-state index contributed by atoms with van der Waals surface area (Å²) in [6.45, 7) is 9.23. The number of nitrogens with one attached hydrogen (secondary N) is 1. The number of nitrogens with zero attached hydrogens (tertiary/aromatic N) is 1. The number of pyridine rings is 1. The fourth-order valence-electron chi connectivity index (χ4n) is 3.92. The first-order valence-corrected chi connectivity index (χ1v) is 12.5. The second-order valence-electron chi connectivity index (χ2n) is 8.53. The number of carbonyl (C=O) groups excluding carboxylic acids is 1. The van der Waals surface area contributed by atoms with Crippen molar-refractivity contribution in [3.05, 3.63) is 77.1 Å². The van der Waals surface area contributed by atoms with E-state index in [1.165, 1.54) is 0 Å². The molecule has 0 aliphatic heterocycles. The third-order valence-corrected chi connectivity index (χ3v) is 5.80. The van der Waals surface area contributed by atoms with Crippen LogP contribution in [0.1, 0.15) is 62.7 Å². The summed E-state index contributed by atoms with van der Waals surface area (Å²) < 4.78 is 13.7. The predicted molar refractivity (Wildman–Crippen MR) is 143 cm³/mol. The number of anilines is 1. The fraction of sp³-hybridized carbons (Fsp3) is 0.379. The SMILES string of the molecule is C=CCOc1c(OCCCC)c2ccc(NC(=O)c3ccccc3)cc2n(CCCCCC)c1=O. The van der Waals surface area contributed by atoms with Gasteiger partial charge in [-0.2, -0.15) is 0 Å². The van der Waals surface area contributed by atoms with Crippen LogP contribution in [0.5, 0.6) is 11.5 Å². The monoisotopic (exact) mass is 476 g/mol. The van der Waals surface area contributed by atoms with Crippen LogP contribution >= 0.6 is 0 Å². The number of hydrogen-bond donors (Lipinski definition) is 1. The van der Waals surface area contributed by atoms with Crippen molar-refractivity contribution in [2.24, 2.45) is 0 Å². The van der Waals surface area contributed by atoms with Crippen LogP contribution < -0.4 is 20.3 Å². The highest BCUT2D eigenvalue weighted by molar-refractivity contribution is 6.05. The number of benzene rings is 2. The summed E-state index contributed by atoms with van der Waals surface area (Å²) in [6.07, 6.45) is 7.60. The second kappa shape index (κ2) is 13.4. The van der Waals surface area contributed by atoms with Gasteiger partial charge in [-0.15, -0.1) is 0 Å². The Morgan fingerprint density at radius 3 is 2.46 bits per heavy atom. The number of amides is 1. The van der Waals surface area contributed by atoms with Crippen molar-refractivity contribution in [3.8, 4) is 11.5 Å². The van der Waals surface area contributed by atoms with E-state index in [1.54, 1.807) is 22.8 Å². The van der Waals surface area contributed by atoms with E-state index >= 15 is 0 Å². The number of carbonyl (C=O) groups is 1. The van der Waals surface area contributed by atoms with Crippen molar-refractivity contribution in [2.75, 3.05) is 18.5 Å². The van der Waals surface area contributed by atoms with Gasteiger partial charge >= 0.3 is 0 Å². The highest BCUT2D eigenvalue weighted by Crippen LogP contribution is 2.35. The van der Waals surface area contributed by atoms with Crippen molar-refractivity contribution < 1.29 is 14.3 Å². The van der Waals surface area contributed by atoms with E-state index < -0.39 is 0 Å². The standard InChI is InChI=1S/C29H36N2O4/c1-4-7-9-13-18-31-25-21-23(30-28(32)22-14-11-10-12-15-22)16-17-24(25)26(35-20-8-5-2)27(29(31)33)34-19-6-3/h6,10-12,14-17,21H,3-5,7-9,13,18-20H2,1-2H3,(H,30,32). The molecule has 35 heavy (non-hydrogen) atoms. The van der Waals surface area contributed by atoms with Crippen molar-refractivity contribution in [1.82, 2.24) is 4.57 Å². The Hall–Kier alpha value is -3.54. The smallest absolute Gasteiger partial charge is 0.297 e. The lowest BCUT2D eigenvalue weighted by molar-refractivity contribution is 0.102. The van der Waals surface area contributed by atoms with Crippen molar-refractivity contribution in [3.63, 3.8) is 0 Å². The summed E-state index contributed by atoms with van der Waals surface area (Å²) in [5.41, 5.74) is 1.68. The number of unbranched alkanes of at least 4 members (excludes halogenated alkanes) is 4. The zero-order chi connectivity index (χ0) is 25.0. The van der Waals surface area contributed by atoms with E-state index in [1.807, 2.05) is 36.4 Å². The van der Waals surface area contributed by atoms with E-state index in [2.05, 4.69) is 25.7 Å². The van der Waals surface area contributed by atoms with Crippen LogP contribution in [0.3, 0.4) is 0 Å². The van der Waals surface area contributed by atoms with Crippen LogP contribution in [0.15, 0.2) is 66.0 Å². The summed E-state index contributed by atoms with van der Waals surface area (Å²) in [4.78, 5) is 26.3. The normalized spacial score (nSPS) is 10.8. The summed E-state index contributed by atoms with van der Waals surface area (Å²) in [5.74, 6) is 0.461. The number of fused-ring (bicyclic) bond motifs is 1. The molecule has 0 aliphatic rings. The van der Waals surface area contributed by atoms with Gasteiger partial charge in [0.1, 0.15) is 6.61 Å². The lowest BCUT2D eigenvalue weighted by Crippen LogP contribution is -2.24. The van der Waals surface area contributed by atoms with E-state index in [-0.39, 0.29) is 23.8 Å². The lowest BCUT2D eigenvalue weighted by atomic mass is 10.1. The molecule has 0 radical (unpaired) electrons. The Kier molecular flexibility index (Phi) is 9.96. The summed E-state index contributed by atoms with van der Waals surface area (Å²) >= 11 is 0. The molecule has 1 heterocycles. The highest BCUT2D eigenvalue weighted by atomic mass is 16.5. The molecular formula is C29H36N2O4. The molecule has 0 atom stereocenters. The Bertz CT molecular complexity index is 1180. The molecule has 0 aliphatic carbocycles. The van der Waals surface area contributed by atoms with Crippen LogP contribution in [0.25, 0.3) is 10.9 Å². The molecule has 0 spiro atoms. The van der Waals surface area contributed by atoms with Gasteiger partial charge in [0.25, 0.3) is 11.5 Å². The van der Waals surface area contributed by atoms with E-state index in [0.29, 0.717) is 30.2 Å². The number of aryl methyl sites for hydroxylation is 1. The van der Waals surface area contributed by atoms with Gasteiger partial charge in [-0.05, 0) is 43.2 Å². The molecule has 6 heteroatoms. The van der Waals surface area contributed by atoms with Crippen LogP contribution in [0, 0.1) is 0 Å². The average Bonchev–Trinajstić information content (AvgIpc) is 2.88. The maximum Gasteiger partial charge on any atom is 0.297 e. The van der Waals surface area contributed by atoms with Gasteiger partial charge in [0, 0.05) is 23.2 Å².